The number of hydrogen-bond acceptors (Lipinski definition) is 5. The smallest absolute Gasteiger partial charge is 0.203 e. The van der Waals surface area contributed by atoms with Gasteiger partial charge in [-0.1, -0.05) is 0 Å². The molecule has 0 amide bonds. The van der Waals surface area contributed by atoms with E-state index in [-0.39, 0.29) is 5.78 Å². The van der Waals surface area contributed by atoms with Crippen LogP contribution in [0, 0.1) is 6.92 Å². The Morgan fingerprint density at radius 3 is 2.35 bits per heavy atom. The number of ether oxygens (including phenoxy) is 3. The fourth-order valence-corrected chi connectivity index (χ4v) is 2.35. The molecule has 1 aromatic heterocycles. The number of aromatic nitrogens is 2. The maximum absolute atomic E-state index is 12.3. The van der Waals surface area contributed by atoms with E-state index in [9.17, 15) is 4.79 Å². The molecule has 122 valence electrons. The Hall–Kier alpha value is -2.76. The molecule has 6 heteroatoms. The molecular formula is C17H20N2O4. The van der Waals surface area contributed by atoms with E-state index in [1.165, 1.54) is 13.2 Å². The first-order valence-corrected chi connectivity index (χ1v) is 7.03. The molecule has 0 saturated heterocycles. The van der Waals surface area contributed by atoms with Crippen molar-refractivity contribution in [3.8, 4) is 17.2 Å². The Morgan fingerprint density at radius 2 is 1.83 bits per heavy atom. The summed E-state index contributed by atoms with van der Waals surface area (Å²) in [4.78, 5) is 12.3. The fourth-order valence-electron chi connectivity index (χ4n) is 2.35. The summed E-state index contributed by atoms with van der Waals surface area (Å²) in [6.07, 6.45) is 4.89. The van der Waals surface area contributed by atoms with Crippen LogP contribution in [-0.4, -0.2) is 36.9 Å². The molecule has 0 bridgehead atoms. The summed E-state index contributed by atoms with van der Waals surface area (Å²) in [5.41, 5.74) is 1.99. The predicted octanol–water partition coefficient (Wildman–Crippen LogP) is 2.65. The van der Waals surface area contributed by atoms with Crippen LogP contribution >= 0.6 is 0 Å². The van der Waals surface area contributed by atoms with E-state index >= 15 is 0 Å². The Bertz CT molecular complexity index is 747. The Balaban J connectivity index is 2.36. The highest BCUT2D eigenvalue weighted by Crippen LogP contribution is 2.40. The summed E-state index contributed by atoms with van der Waals surface area (Å²) in [5.74, 6) is 1.45. The molecule has 0 aliphatic rings. The van der Waals surface area contributed by atoms with Crippen LogP contribution in [0.3, 0.4) is 0 Å². The van der Waals surface area contributed by atoms with E-state index in [1.807, 2.05) is 0 Å². The Labute approximate surface area is 135 Å². The van der Waals surface area contributed by atoms with Gasteiger partial charge >= 0.3 is 0 Å². The van der Waals surface area contributed by atoms with E-state index in [0.717, 1.165) is 5.56 Å². The van der Waals surface area contributed by atoms with Gasteiger partial charge in [0, 0.05) is 18.8 Å². The molecule has 23 heavy (non-hydrogen) atoms. The number of benzene rings is 1. The largest absolute Gasteiger partial charge is 0.493 e. The third kappa shape index (κ3) is 3.36. The van der Waals surface area contributed by atoms with Gasteiger partial charge in [-0.25, -0.2) is 0 Å². The number of ketones is 1. The van der Waals surface area contributed by atoms with Gasteiger partial charge in [-0.3, -0.25) is 9.48 Å². The molecule has 0 fully saturated rings. The van der Waals surface area contributed by atoms with E-state index in [0.29, 0.717) is 28.5 Å². The minimum Gasteiger partial charge on any atom is -0.493 e. The lowest BCUT2D eigenvalue weighted by atomic mass is 10.1. The maximum atomic E-state index is 12.3. The van der Waals surface area contributed by atoms with Gasteiger partial charge in [0.1, 0.15) is 0 Å². The molecule has 0 atom stereocenters. The van der Waals surface area contributed by atoms with Crippen LogP contribution < -0.4 is 14.2 Å². The number of carbonyl (C=O) groups is 1. The van der Waals surface area contributed by atoms with Crippen LogP contribution in [0.4, 0.5) is 0 Å². The van der Waals surface area contributed by atoms with Crippen LogP contribution in [0.15, 0.2) is 24.4 Å². The first-order chi connectivity index (χ1) is 11.0. The monoisotopic (exact) mass is 316 g/mol. The van der Waals surface area contributed by atoms with E-state index in [2.05, 4.69) is 5.10 Å². The van der Waals surface area contributed by atoms with Crippen LogP contribution in [0.5, 0.6) is 17.2 Å². The van der Waals surface area contributed by atoms with Gasteiger partial charge in [0.05, 0.1) is 32.6 Å². The second kappa shape index (κ2) is 7.00. The molecule has 0 radical (unpaired) electrons. The lowest BCUT2D eigenvalue weighted by Gasteiger charge is -2.13. The summed E-state index contributed by atoms with van der Waals surface area (Å²) < 4.78 is 17.6. The lowest BCUT2D eigenvalue weighted by molar-refractivity contribution is 0.104. The molecule has 6 nitrogen and oxygen atoms in total. The van der Waals surface area contributed by atoms with Crippen LogP contribution in [0.1, 0.15) is 21.6 Å². The summed E-state index contributed by atoms with van der Waals surface area (Å²) >= 11 is 0. The van der Waals surface area contributed by atoms with Crippen molar-refractivity contribution >= 4 is 11.9 Å². The lowest BCUT2D eigenvalue weighted by Crippen LogP contribution is -1.98. The molecule has 1 heterocycles. The highest BCUT2D eigenvalue weighted by Gasteiger charge is 2.15. The molecule has 2 rings (SSSR count). The number of hydrogen-bond donors (Lipinski definition) is 0. The summed E-state index contributed by atoms with van der Waals surface area (Å²) in [7, 11) is 6.42. The van der Waals surface area contributed by atoms with Gasteiger partial charge in [-0.05, 0) is 31.2 Å². The van der Waals surface area contributed by atoms with Crippen molar-refractivity contribution in [2.24, 2.45) is 7.05 Å². The van der Waals surface area contributed by atoms with E-state index < -0.39 is 0 Å². The average Bonchev–Trinajstić information content (AvgIpc) is 2.89. The molecule has 0 aliphatic carbocycles. The Kier molecular flexibility index (Phi) is 5.05. The van der Waals surface area contributed by atoms with Crippen molar-refractivity contribution in [3.63, 3.8) is 0 Å². The van der Waals surface area contributed by atoms with Crippen molar-refractivity contribution in [3.05, 3.63) is 41.2 Å². The molecule has 0 N–H and O–H groups in total. The quantitative estimate of drug-likeness (QED) is 0.605. The van der Waals surface area contributed by atoms with Gasteiger partial charge in [-0.2, -0.15) is 5.10 Å². The standard InChI is InChI=1S/C17H20N2O4/c1-11-13(10-19(2)18-11)14(20)8-6-12-7-9-15(21-3)17(23-5)16(12)22-4/h6-10H,1-5H3/b8-6-. The molecule has 0 spiro atoms. The molecule has 2 aromatic rings. The average molecular weight is 316 g/mol. The zero-order valence-electron chi connectivity index (χ0n) is 13.9. The van der Waals surface area contributed by atoms with E-state index in [1.54, 1.807) is 57.3 Å². The summed E-state index contributed by atoms with van der Waals surface area (Å²) in [5, 5.41) is 4.17. The summed E-state index contributed by atoms with van der Waals surface area (Å²) in [6.45, 7) is 1.80. The SMILES string of the molecule is COc1ccc(/C=C\C(=O)c2cn(C)nc2C)c(OC)c1OC. The minimum atomic E-state index is -0.118. The normalized spacial score (nSPS) is 10.8. The van der Waals surface area contributed by atoms with Gasteiger partial charge in [0.25, 0.3) is 0 Å². The number of methoxy groups -OCH3 is 3. The number of allylic oxidation sites excluding steroid dienone is 1. The number of nitrogens with zero attached hydrogens (tertiary/aromatic N) is 2. The first-order valence-electron chi connectivity index (χ1n) is 7.03. The number of rotatable bonds is 6. The first kappa shape index (κ1) is 16.6. The second-order valence-corrected chi connectivity index (χ2v) is 4.92. The van der Waals surface area contributed by atoms with Gasteiger partial charge in [-0.15, -0.1) is 0 Å². The number of carbonyl (C=O) groups excluding carboxylic acids is 1. The van der Waals surface area contributed by atoms with Gasteiger partial charge < -0.3 is 14.2 Å². The van der Waals surface area contributed by atoms with Crippen molar-refractivity contribution in [2.45, 2.75) is 6.92 Å². The van der Waals surface area contributed by atoms with Crippen LogP contribution in [0.2, 0.25) is 0 Å². The third-order valence-electron chi connectivity index (χ3n) is 3.43. The van der Waals surface area contributed by atoms with Crippen LogP contribution in [0.25, 0.3) is 6.08 Å². The molecule has 0 unspecified atom stereocenters. The molecule has 0 saturated carbocycles. The van der Waals surface area contributed by atoms with Crippen molar-refractivity contribution in [2.75, 3.05) is 21.3 Å². The van der Waals surface area contributed by atoms with Crippen molar-refractivity contribution in [1.82, 2.24) is 9.78 Å². The minimum absolute atomic E-state index is 0.118. The predicted molar refractivity (Wildman–Crippen MR) is 87.4 cm³/mol. The topological polar surface area (TPSA) is 62.6 Å². The summed E-state index contributed by atoms with van der Waals surface area (Å²) in [6, 6.07) is 3.57. The number of aryl methyl sites for hydroxylation is 2. The Morgan fingerprint density at radius 1 is 1.13 bits per heavy atom. The van der Waals surface area contributed by atoms with Gasteiger partial charge in [0.15, 0.2) is 17.3 Å². The molecule has 0 aliphatic heterocycles. The highest BCUT2D eigenvalue weighted by molar-refractivity contribution is 6.07. The fraction of sp³-hybridized carbons (Fsp3) is 0.294. The zero-order valence-corrected chi connectivity index (χ0v) is 13.9. The second-order valence-electron chi connectivity index (χ2n) is 4.92. The molecule has 1 aromatic carbocycles. The van der Waals surface area contributed by atoms with Crippen molar-refractivity contribution < 1.29 is 19.0 Å². The highest BCUT2D eigenvalue weighted by atomic mass is 16.5. The third-order valence-corrected chi connectivity index (χ3v) is 3.43. The van der Waals surface area contributed by atoms with Crippen molar-refractivity contribution in [1.29, 1.82) is 0 Å². The van der Waals surface area contributed by atoms with Crippen LogP contribution in [-0.2, 0) is 7.05 Å². The zero-order chi connectivity index (χ0) is 17.0. The van der Waals surface area contributed by atoms with E-state index in [4.69, 9.17) is 14.2 Å². The van der Waals surface area contributed by atoms with Gasteiger partial charge in [0.2, 0.25) is 5.75 Å². The maximum Gasteiger partial charge on any atom is 0.203 e. The molecular weight excluding hydrogens is 296 g/mol.